The number of aromatic hydroxyl groups is 1. The van der Waals surface area contributed by atoms with Gasteiger partial charge in [0.1, 0.15) is 11.6 Å². The summed E-state index contributed by atoms with van der Waals surface area (Å²) in [5.41, 5.74) is 2.07. The van der Waals surface area contributed by atoms with Crippen LogP contribution in [0.1, 0.15) is 16.1 Å². The number of carboxylic acids is 1. The van der Waals surface area contributed by atoms with Gasteiger partial charge < -0.3 is 10.2 Å². The first-order valence-corrected chi connectivity index (χ1v) is 8.23. The zero-order chi connectivity index (χ0) is 20.0. The number of rotatable bonds is 3. The van der Waals surface area contributed by atoms with Crippen molar-refractivity contribution in [1.29, 1.82) is 0 Å². The molecule has 4 rings (SSSR count). The lowest BCUT2D eigenvalue weighted by Crippen LogP contribution is -1.97. The van der Waals surface area contributed by atoms with Crippen molar-refractivity contribution in [2.45, 2.75) is 6.92 Å². The average molecular weight is 381 g/mol. The molecule has 2 N–H and O–H groups in total. The number of hydrogen-bond acceptors (Lipinski definition) is 4. The number of nitrogens with zero attached hydrogens (tertiary/aromatic N) is 3. The van der Waals surface area contributed by atoms with Gasteiger partial charge >= 0.3 is 5.97 Å². The van der Waals surface area contributed by atoms with E-state index >= 15 is 0 Å². The van der Waals surface area contributed by atoms with Gasteiger partial charge in [0.25, 0.3) is 0 Å². The minimum absolute atomic E-state index is 0.110. The molecule has 0 aliphatic rings. The van der Waals surface area contributed by atoms with Crippen LogP contribution >= 0.6 is 0 Å². The summed E-state index contributed by atoms with van der Waals surface area (Å²) < 4.78 is 28.8. The van der Waals surface area contributed by atoms with E-state index in [1.54, 1.807) is 19.1 Å². The standard InChI is InChI=1S/C20H13F2N3O3/c1-10-18(14-7-6-13(21)8-15(14)22)19-23-16(9-17(26)25(19)24-10)11-2-4-12(5-3-11)20(27)28/h2-9,26H,1H3,(H,27,28). The fraction of sp³-hybridized carbons (Fsp3) is 0.0500. The number of aryl methyl sites for hydroxylation is 1. The molecule has 6 nitrogen and oxygen atoms in total. The third-order valence-corrected chi connectivity index (χ3v) is 4.37. The van der Waals surface area contributed by atoms with E-state index in [2.05, 4.69) is 10.1 Å². The Morgan fingerprint density at radius 2 is 1.79 bits per heavy atom. The van der Waals surface area contributed by atoms with Crippen LogP contribution in [0.3, 0.4) is 0 Å². The maximum absolute atomic E-state index is 14.3. The van der Waals surface area contributed by atoms with Gasteiger partial charge in [0.2, 0.25) is 5.88 Å². The summed E-state index contributed by atoms with van der Waals surface area (Å²) in [6.45, 7) is 1.63. The quantitative estimate of drug-likeness (QED) is 0.559. The molecule has 0 spiro atoms. The Bertz CT molecular complexity index is 1230. The minimum Gasteiger partial charge on any atom is -0.493 e. The molecule has 0 amide bonds. The Labute approximate surface area is 157 Å². The van der Waals surface area contributed by atoms with Crippen molar-refractivity contribution in [3.05, 3.63) is 71.4 Å². The number of carboxylic acid groups (broad SMARTS) is 1. The van der Waals surface area contributed by atoms with Crippen LogP contribution in [-0.4, -0.2) is 30.8 Å². The number of aromatic nitrogens is 3. The van der Waals surface area contributed by atoms with Crippen LogP contribution < -0.4 is 0 Å². The normalized spacial score (nSPS) is 11.1. The Balaban J connectivity index is 1.93. The minimum atomic E-state index is -1.06. The first-order valence-electron chi connectivity index (χ1n) is 8.23. The SMILES string of the molecule is Cc1nn2c(O)cc(-c3ccc(C(=O)O)cc3)nc2c1-c1ccc(F)cc1F. The number of fused-ring (bicyclic) bond motifs is 1. The van der Waals surface area contributed by atoms with Gasteiger partial charge in [-0.25, -0.2) is 18.6 Å². The summed E-state index contributed by atoms with van der Waals surface area (Å²) in [5, 5.41) is 23.6. The van der Waals surface area contributed by atoms with Crippen LogP contribution in [0.5, 0.6) is 5.88 Å². The van der Waals surface area contributed by atoms with Crippen LogP contribution in [0, 0.1) is 18.6 Å². The van der Waals surface area contributed by atoms with Crippen molar-refractivity contribution in [2.24, 2.45) is 0 Å². The third-order valence-electron chi connectivity index (χ3n) is 4.37. The van der Waals surface area contributed by atoms with Gasteiger partial charge in [-0.2, -0.15) is 9.61 Å². The van der Waals surface area contributed by atoms with Crippen molar-refractivity contribution in [1.82, 2.24) is 14.6 Å². The second kappa shape index (κ2) is 6.41. The fourth-order valence-corrected chi connectivity index (χ4v) is 3.05. The summed E-state index contributed by atoms with van der Waals surface area (Å²) >= 11 is 0. The number of benzene rings is 2. The van der Waals surface area contributed by atoms with Gasteiger partial charge in [0, 0.05) is 23.3 Å². The second-order valence-corrected chi connectivity index (χ2v) is 6.20. The highest BCUT2D eigenvalue weighted by atomic mass is 19.1. The van der Waals surface area contributed by atoms with E-state index in [1.807, 2.05) is 0 Å². The number of halogens is 2. The van der Waals surface area contributed by atoms with E-state index in [9.17, 15) is 18.7 Å². The zero-order valence-electron chi connectivity index (χ0n) is 14.5. The summed E-state index contributed by atoms with van der Waals surface area (Å²) in [6.07, 6.45) is 0. The van der Waals surface area contributed by atoms with E-state index in [-0.39, 0.29) is 22.7 Å². The first kappa shape index (κ1) is 17.6. The topological polar surface area (TPSA) is 87.7 Å². The molecule has 0 bridgehead atoms. The van der Waals surface area contributed by atoms with Crippen LogP contribution in [0.4, 0.5) is 8.78 Å². The van der Waals surface area contributed by atoms with E-state index in [4.69, 9.17) is 5.11 Å². The lowest BCUT2D eigenvalue weighted by molar-refractivity contribution is 0.0697. The van der Waals surface area contributed by atoms with Gasteiger partial charge in [-0.15, -0.1) is 0 Å². The molecule has 0 aliphatic carbocycles. The Morgan fingerprint density at radius 3 is 2.43 bits per heavy atom. The van der Waals surface area contributed by atoms with Crippen LogP contribution in [0.25, 0.3) is 28.0 Å². The first-order chi connectivity index (χ1) is 13.3. The molecule has 0 saturated carbocycles. The Hall–Kier alpha value is -3.81. The highest BCUT2D eigenvalue weighted by molar-refractivity contribution is 5.88. The molecule has 0 radical (unpaired) electrons. The summed E-state index contributed by atoms with van der Waals surface area (Å²) in [4.78, 5) is 15.5. The van der Waals surface area contributed by atoms with E-state index < -0.39 is 17.6 Å². The molecule has 0 saturated heterocycles. The number of hydrogen-bond donors (Lipinski definition) is 2. The van der Waals surface area contributed by atoms with Gasteiger partial charge in [-0.1, -0.05) is 12.1 Å². The van der Waals surface area contributed by atoms with Crippen molar-refractivity contribution >= 4 is 11.6 Å². The van der Waals surface area contributed by atoms with Crippen molar-refractivity contribution in [3.8, 4) is 28.3 Å². The highest BCUT2D eigenvalue weighted by Crippen LogP contribution is 2.33. The van der Waals surface area contributed by atoms with Gasteiger partial charge in [0.05, 0.1) is 22.5 Å². The number of aromatic carboxylic acids is 1. The molecule has 0 atom stereocenters. The molecule has 4 aromatic rings. The van der Waals surface area contributed by atoms with E-state index in [0.29, 0.717) is 22.5 Å². The van der Waals surface area contributed by atoms with Gasteiger partial charge in [-0.05, 0) is 31.2 Å². The zero-order valence-corrected chi connectivity index (χ0v) is 14.5. The van der Waals surface area contributed by atoms with Gasteiger partial charge in [-0.3, -0.25) is 0 Å². The van der Waals surface area contributed by atoms with Crippen LogP contribution in [0.2, 0.25) is 0 Å². The third kappa shape index (κ3) is 2.84. The summed E-state index contributed by atoms with van der Waals surface area (Å²) in [5.74, 6) is -2.75. The lowest BCUT2D eigenvalue weighted by Gasteiger charge is -2.07. The van der Waals surface area contributed by atoms with E-state index in [1.165, 1.54) is 28.8 Å². The Morgan fingerprint density at radius 1 is 1.07 bits per heavy atom. The monoisotopic (exact) mass is 381 g/mol. The molecular weight excluding hydrogens is 368 g/mol. The Kier molecular flexibility index (Phi) is 4.03. The maximum atomic E-state index is 14.3. The molecule has 140 valence electrons. The van der Waals surface area contributed by atoms with E-state index in [0.717, 1.165) is 12.1 Å². The van der Waals surface area contributed by atoms with Gasteiger partial charge in [0.15, 0.2) is 5.65 Å². The molecule has 2 heterocycles. The smallest absolute Gasteiger partial charge is 0.335 e. The van der Waals surface area contributed by atoms with Crippen LogP contribution in [-0.2, 0) is 0 Å². The predicted octanol–water partition coefficient (Wildman–Crippen LogP) is 4.05. The maximum Gasteiger partial charge on any atom is 0.335 e. The number of carbonyl (C=O) groups is 1. The molecular formula is C20H13F2N3O3. The van der Waals surface area contributed by atoms with Crippen molar-refractivity contribution in [2.75, 3.05) is 0 Å². The largest absolute Gasteiger partial charge is 0.493 e. The lowest BCUT2D eigenvalue weighted by atomic mass is 10.0. The molecule has 0 fully saturated rings. The van der Waals surface area contributed by atoms with Crippen LogP contribution in [0.15, 0.2) is 48.5 Å². The second-order valence-electron chi connectivity index (χ2n) is 6.20. The molecule has 0 aliphatic heterocycles. The predicted molar refractivity (Wildman–Crippen MR) is 97.1 cm³/mol. The molecule has 8 heteroatoms. The molecule has 2 aromatic carbocycles. The summed E-state index contributed by atoms with van der Waals surface area (Å²) in [7, 11) is 0. The molecule has 2 aromatic heterocycles. The average Bonchev–Trinajstić information content (AvgIpc) is 2.98. The molecule has 28 heavy (non-hydrogen) atoms. The molecule has 0 unspecified atom stereocenters. The fourth-order valence-electron chi connectivity index (χ4n) is 3.05. The van der Waals surface area contributed by atoms with Crippen molar-refractivity contribution < 1.29 is 23.8 Å². The summed E-state index contributed by atoms with van der Waals surface area (Å²) in [6, 6.07) is 10.5. The van der Waals surface area contributed by atoms with Crippen molar-refractivity contribution in [3.63, 3.8) is 0 Å². The highest BCUT2D eigenvalue weighted by Gasteiger charge is 2.20.